The quantitative estimate of drug-likeness (QED) is 0.885. The molecule has 4 rings (SSSR count). The molecule has 2 aromatic carbocycles. The molecule has 0 aliphatic carbocycles. The van der Waals surface area contributed by atoms with Crippen LogP contribution in [0.4, 0.5) is 11.4 Å². The van der Waals surface area contributed by atoms with E-state index in [0.717, 1.165) is 61.7 Å². The van der Waals surface area contributed by atoms with Crippen molar-refractivity contribution in [3.8, 4) is 5.75 Å². The Kier molecular flexibility index (Phi) is 5.53. The fraction of sp³-hybridized carbons (Fsp3) is 0.435. The first kappa shape index (κ1) is 18.8. The fourth-order valence-corrected chi connectivity index (χ4v) is 4.04. The molecule has 148 valence electrons. The molecule has 2 aliphatic heterocycles. The summed E-state index contributed by atoms with van der Waals surface area (Å²) in [5, 5.41) is 3.11. The Balaban J connectivity index is 1.39. The van der Waals surface area contributed by atoms with Crippen LogP contribution in [-0.2, 0) is 11.2 Å². The average molecular weight is 380 g/mol. The van der Waals surface area contributed by atoms with Crippen molar-refractivity contribution in [3.05, 3.63) is 53.6 Å². The molecule has 2 heterocycles. The highest BCUT2D eigenvalue weighted by Crippen LogP contribution is 2.29. The number of ether oxygens (including phenoxy) is 1. The first-order chi connectivity index (χ1) is 13.6. The number of aryl methyl sites for hydroxylation is 1. The number of anilines is 2. The molecule has 0 saturated carbocycles. The minimum Gasteiger partial charge on any atom is -0.492 e. The van der Waals surface area contributed by atoms with E-state index >= 15 is 0 Å². The predicted molar refractivity (Wildman–Crippen MR) is 113 cm³/mol. The third-order valence-electron chi connectivity index (χ3n) is 5.90. The second-order valence-corrected chi connectivity index (χ2v) is 7.73. The highest BCUT2D eigenvalue weighted by molar-refractivity contribution is 5.94. The number of carbonyl (C=O) groups is 1. The van der Waals surface area contributed by atoms with Gasteiger partial charge in [0.1, 0.15) is 12.4 Å². The summed E-state index contributed by atoms with van der Waals surface area (Å²) in [6.45, 7) is 10.2. The molecule has 1 atom stereocenters. The molecule has 0 spiro atoms. The van der Waals surface area contributed by atoms with Crippen molar-refractivity contribution >= 4 is 17.3 Å². The van der Waals surface area contributed by atoms with E-state index in [1.165, 1.54) is 5.69 Å². The molecule has 5 heteroatoms. The van der Waals surface area contributed by atoms with Crippen LogP contribution in [0.25, 0.3) is 0 Å². The summed E-state index contributed by atoms with van der Waals surface area (Å²) < 4.78 is 5.77. The number of benzene rings is 2. The molecule has 1 fully saturated rings. The number of piperazine rings is 1. The molecular weight excluding hydrogens is 350 g/mol. The third kappa shape index (κ3) is 3.99. The first-order valence-electron chi connectivity index (χ1n) is 10.2. The number of amides is 1. The van der Waals surface area contributed by atoms with Crippen molar-refractivity contribution < 1.29 is 9.53 Å². The van der Waals surface area contributed by atoms with E-state index in [0.29, 0.717) is 6.61 Å². The summed E-state index contributed by atoms with van der Waals surface area (Å²) in [4.78, 5) is 17.7. The first-order valence-corrected chi connectivity index (χ1v) is 10.2. The maximum absolute atomic E-state index is 12.8. The van der Waals surface area contributed by atoms with Crippen LogP contribution < -0.4 is 15.0 Å². The molecule has 28 heavy (non-hydrogen) atoms. The van der Waals surface area contributed by atoms with Crippen LogP contribution in [0.1, 0.15) is 18.1 Å². The van der Waals surface area contributed by atoms with Crippen LogP contribution in [0, 0.1) is 12.8 Å². The third-order valence-corrected chi connectivity index (χ3v) is 5.90. The summed E-state index contributed by atoms with van der Waals surface area (Å²) in [7, 11) is 0. The molecule has 2 aliphatic rings. The molecular formula is C23H29N3O2. The zero-order valence-electron chi connectivity index (χ0n) is 16.8. The van der Waals surface area contributed by atoms with Gasteiger partial charge in [0.15, 0.2) is 0 Å². The molecule has 1 unspecified atom stereocenters. The average Bonchev–Trinajstić information content (AvgIpc) is 2.74. The topological polar surface area (TPSA) is 44.8 Å². The van der Waals surface area contributed by atoms with Gasteiger partial charge in [-0.3, -0.25) is 4.79 Å². The van der Waals surface area contributed by atoms with Gasteiger partial charge < -0.3 is 19.9 Å². The Labute approximate surface area is 167 Å². The number of nitrogens with zero attached hydrogens (tertiary/aromatic N) is 2. The van der Waals surface area contributed by atoms with Crippen LogP contribution in [0.5, 0.6) is 5.75 Å². The number of rotatable bonds is 4. The van der Waals surface area contributed by atoms with E-state index in [4.69, 9.17) is 4.74 Å². The molecule has 0 aromatic heterocycles. The van der Waals surface area contributed by atoms with E-state index < -0.39 is 0 Å². The van der Waals surface area contributed by atoms with Gasteiger partial charge in [0, 0.05) is 37.6 Å². The van der Waals surface area contributed by atoms with Crippen molar-refractivity contribution in [3.63, 3.8) is 0 Å². The van der Waals surface area contributed by atoms with Crippen LogP contribution in [-0.4, -0.2) is 50.1 Å². The Morgan fingerprint density at radius 3 is 2.68 bits per heavy atom. The zero-order chi connectivity index (χ0) is 19.5. The lowest BCUT2D eigenvalue weighted by Crippen LogP contribution is -2.46. The lowest BCUT2D eigenvalue weighted by molar-refractivity contribution is -0.121. The number of para-hydroxylation sites is 1. The fourth-order valence-electron chi connectivity index (χ4n) is 4.04. The summed E-state index contributed by atoms with van der Waals surface area (Å²) in [6.07, 6.45) is 0.723. The van der Waals surface area contributed by atoms with Gasteiger partial charge in [-0.05, 0) is 55.3 Å². The van der Waals surface area contributed by atoms with E-state index in [9.17, 15) is 4.79 Å². The number of hydrogen-bond acceptors (Lipinski definition) is 4. The number of fused-ring (bicyclic) bond motifs is 1. The molecule has 0 radical (unpaired) electrons. The number of hydrogen-bond donors (Lipinski definition) is 1. The van der Waals surface area contributed by atoms with Crippen LogP contribution in [0.2, 0.25) is 0 Å². The van der Waals surface area contributed by atoms with Gasteiger partial charge >= 0.3 is 0 Å². The molecule has 1 N–H and O–H groups in total. The van der Waals surface area contributed by atoms with Crippen molar-refractivity contribution in [2.75, 3.05) is 49.5 Å². The van der Waals surface area contributed by atoms with Crippen molar-refractivity contribution in [2.45, 2.75) is 20.3 Å². The largest absolute Gasteiger partial charge is 0.492 e. The minimum absolute atomic E-state index is 0.0295. The minimum atomic E-state index is -0.156. The van der Waals surface area contributed by atoms with Gasteiger partial charge in [-0.15, -0.1) is 0 Å². The summed E-state index contributed by atoms with van der Waals surface area (Å²) in [5.41, 5.74) is 4.33. The van der Waals surface area contributed by atoms with Gasteiger partial charge in [-0.25, -0.2) is 0 Å². The monoisotopic (exact) mass is 379 g/mol. The van der Waals surface area contributed by atoms with Crippen LogP contribution >= 0.6 is 0 Å². The molecule has 2 aromatic rings. The molecule has 0 bridgehead atoms. The lowest BCUT2D eigenvalue weighted by atomic mass is 9.96. The zero-order valence-corrected chi connectivity index (χ0v) is 16.8. The van der Waals surface area contributed by atoms with Gasteiger partial charge in [-0.1, -0.05) is 25.1 Å². The van der Waals surface area contributed by atoms with E-state index in [1.54, 1.807) is 0 Å². The van der Waals surface area contributed by atoms with E-state index in [2.05, 4.69) is 41.1 Å². The predicted octanol–water partition coefficient (Wildman–Crippen LogP) is 3.33. The van der Waals surface area contributed by atoms with Crippen LogP contribution in [0.3, 0.4) is 0 Å². The van der Waals surface area contributed by atoms with Crippen molar-refractivity contribution in [1.29, 1.82) is 0 Å². The smallest absolute Gasteiger partial charge is 0.231 e. The van der Waals surface area contributed by atoms with Crippen molar-refractivity contribution in [1.82, 2.24) is 4.90 Å². The van der Waals surface area contributed by atoms with Gasteiger partial charge in [0.25, 0.3) is 0 Å². The number of likely N-dealkylation sites (N-methyl/N-ethyl adjacent to an activating group) is 1. The van der Waals surface area contributed by atoms with Gasteiger partial charge in [0.05, 0.1) is 5.92 Å². The second-order valence-electron chi connectivity index (χ2n) is 7.73. The summed E-state index contributed by atoms with van der Waals surface area (Å²) in [6, 6.07) is 14.3. The number of carbonyl (C=O) groups excluding carboxylic acids is 1. The normalized spacial score (nSPS) is 19.6. The number of nitrogens with one attached hydrogen (secondary N) is 1. The van der Waals surface area contributed by atoms with E-state index in [-0.39, 0.29) is 11.8 Å². The van der Waals surface area contributed by atoms with Gasteiger partial charge in [-0.2, -0.15) is 0 Å². The van der Waals surface area contributed by atoms with Crippen molar-refractivity contribution in [2.24, 2.45) is 5.92 Å². The van der Waals surface area contributed by atoms with E-state index in [1.807, 2.05) is 30.3 Å². The summed E-state index contributed by atoms with van der Waals surface area (Å²) >= 11 is 0. The maximum atomic E-state index is 12.8. The highest BCUT2D eigenvalue weighted by atomic mass is 16.5. The molecule has 5 nitrogen and oxygen atoms in total. The SMILES string of the molecule is CCN1CCN(c2ccc(NC(=O)C3COc4ccccc4C3)c(C)c2)CC1. The maximum Gasteiger partial charge on any atom is 0.231 e. The van der Waals surface area contributed by atoms with Gasteiger partial charge in [0.2, 0.25) is 5.91 Å². The standard InChI is InChI=1S/C23H29N3O2/c1-3-25-10-12-26(13-11-25)20-8-9-21(17(2)14-20)24-23(27)19-15-18-6-4-5-7-22(18)28-16-19/h4-9,14,19H,3,10-13,15-16H2,1-2H3,(H,24,27). The Morgan fingerprint density at radius 1 is 1.14 bits per heavy atom. The molecule has 1 amide bonds. The lowest BCUT2D eigenvalue weighted by Gasteiger charge is -2.35. The Morgan fingerprint density at radius 2 is 1.93 bits per heavy atom. The highest BCUT2D eigenvalue weighted by Gasteiger charge is 2.26. The van der Waals surface area contributed by atoms with Crippen LogP contribution in [0.15, 0.2) is 42.5 Å². The Hall–Kier alpha value is -2.53. The molecule has 1 saturated heterocycles. The summed E-state index contributed by atoms with van der Waals surface area (Å²) in [5.74, 6) is 0.772. The Bertz CT molecular complexity index is 843. The second kappa shape index (κ2) is 8.23.